The van der Waals surface area contributed by atoms with Gasteiger partial charge in [0.1, 0.15) is 5.82 Å². The molecule has 0 aliphatic carbocycles. The summed E-state index contributed by atoms with van der Waals surface area (Å²) in [6.07, 6.45) is 0.855. The molecule has 4 nitrogen and oxygen atoms in total. The zero-order valence-corrected chi connectivity index (χ0v) is 11.2. The lowest BCUT2D eigenvalue weighted by atomic mass is 10.2. The molecule has 2 rings (SSSR count). The number of hydrogen-bond donors (Lipinski definition) is 2. The second kappa shape index (κ2) is 5.67. The SMILES string of the molecule is Cc1ccc(NCCc2nc(C(C)C)n[nH]2)cc1. The second-order valence-corrected chi connectivity index (χ2v) is 4.84. The predicted molar refractivity (Wildman–Crippen MR) is 73.8 cm³/mol. The Balaban J connectivity index is 1.82. The lowest BCUT2D eigenvalue weighted by Crippen LogP contribution is -2.06. The van der Waals surface area contributed by atoms with Crippen molar-refractivity contribution < 1.29 is 0 Å². The lowest BCUT2D eigenvalue weighted by Gasteiger charge is -2.04. The first-order valence-corrected chi connectivity index (χ1v) is 6.37. The molecular formula is C14H20N4. The summed E-state index contributed by atoms with van der Waals surface area (Å²) < 4.78 is 0. The van der Waals surface area contributed by atoms with Gasteiger partial charge in [-0.25, -0.2) is 4.98 Å². The van der Waals surface area contributed by atoms with E-state index in [-0.39, 0.29) is 0 Å². The molecule has 0 unspecified atom stereocenters. The number of nitrogens with one attached hydrogen (secondary N) is 2. The molecule has 2 N–H and O–H groups in total. The molecule has 0 saturated carbocycles. The zero-order valence-electron chi connectivity index (χ0n) is 11.2. The normalized spacial score (nSPS) is 10.9. The van der Waals surface area contributed by atoms with Crippen LogP contribution in [0.25, 0.3) is 0 Å². The third kappa shape index (κ3) is 3.32. The largest absolute Gasteiger partial charge is 0.385 e. The molecule has 0 atom stereocenters. The first-order valence-electron chi connectivity index (χ1n) is 6.37. The highest BCUT2D eigenvalue weighted by molar-refractivity contribution is 5.44. The third-order valence-corrected chi connectivity index (χ3v) is 2.81. The number of H-pyrrole nitrogens is 1. The van der Waals surface area contributed by atoms with E-state index >= 15 is 0 Å². The van der Waals surface area contributed by atoms with Gasteiger partial charge in [-0.3, -0.25) is 5.10 Å². The predicted octanol–water partition coefficient (Wildman–Crippen LogP) is 2.89. The van der Waals surface area contributed by atoms with E-state index in [1.807, 2.05) is 0 Å². The van der Waals surface area contributed by atoms with Gasteiger partial charge in [0, 0.05) is 24.6 Å². The van der Waals surface area contributed by atoms with Crippen LogP contribution in [0.5, 0.6) is 0 Å². The van der Waals surface area contributed by atoms with Crippen molar-refractivity contribution in [2.75, 3.05) is 11.9 Å². The number of aromatic amines is 1. The Labute approximate surface area is 108 Å². The molecule has 2 aromatic rings. The lowest BCUT2D eigenvalue weighted by molar-refractivity contribution is 0.780. The van der Waals surface area contributed by atoms with Gasteiger partial charge in [-0.2, -0.15) is 5.10 Å². The van der Waals surface area contributed by atoms with Gasteiger partial charge >= 0.3 is 0 Å². The number of aromatic nitrogens is 3. The third-order valence-electron chi connectivity index (χ3n) is 2.81. The summed E-state index contributed by atoms with van der Waals surface area (Å²) >= 11 is 0. The summed E-state index contributed by atoms with van der Waals surface area (Å²) in [6.45, 7) is 7.14. The number of aryl methyl sites for hydroxylation is 1. The fourth-order valence-corrected chi connectivity index (χ4v) is 1.68. The van der Waals surface area contributed by atoms with Crippen LogP contribution in [0.15, 0.2) is 24.3 Å². The molecule has 4 heteroatoms. The highest BCUT2D eigenvalue weighted by Crippen LogP contribution is 2.10. The van der Waals surface area contributed by atoms with Crippen molar-refractivity contribution in [1.29, 1.82) is 0 Å². The summed E-state index contributed by atoms with van der Waals surface area (Å²) in [7, 11) is 0. The fourth-order valence-electron chi connectivity index (χ4n) is 1.68. The number of rotatable bonds is 5. The van der Waals surface area contributed by atoms with Crippen LogP contribution >= 0.6 is 0 Å². The molecule has 0 aliphatic heterocycles. The highest BCUT2D eigenvalue weighted by Gasteiger charge is 2.06. The minimum atomic E-state index is 0.375. The van der Waals surface area contributed by atoms with E-state index in [4.69, 9.17) is 0 Å². The number of hydrogen-bond acceptors (Lipinski definition) is 3. The molecule has 0 spiro atoms. The fraction of sp³-hybridized carbons (Fsp3) is 0.429. The Bertz CT molecular complexity index is 485. The molecule has 0 fully saturated rings. The maximum absolute atomic E-state index is 4.45. The molecule has 0 bridgehead atoms. The highest BCUT2D eigenvalue weighted by atomic mass is 15.2. The summed E-state index contributed by atoms with van der Waals surface area (Å²) in [5.74, 6) is 2.21. The molecule has 0 aliphatic rings. The van der Waals surface area contributed by atoms with Crippen LogP contribution in [0.1, 0.15) is 37.0 Å². The average molecular weight is 244 g/mol. The molecule has 0 saturated heterocycles. The Morgan fingerprint density at radius 1 is 1.22 bits per heavy atom. The molecular weight excluding hydrogens is 224 g/mol. The van der Waals surface area contributed by atoms with Gasteiger partial charge in [0.25, 0.3) is 0 Å². The van der Waals surface area contributed by atoms with Crippen LogP contribution in [0, 0.1) is 6.92 Å². The summed E-state index contributed by atoms with van der Waals surface area (Å²) in [5.41, 5.74) is 2.42. The monoisotopic (exact) mass is 244 g/mol. The van der Waals surface area contributed by atoms with Crippen molar-refractivity contribution in [2.45, 2.75) is 33.1 Å². The summed E-state index contributed by atoms with van der Waals surface area (Å²) in [5, 5.41) is 10.5. The molecule has 1 heterocycles. The van der Waals surface area contributed by atoms with Crippen molar-refractivity contribution in [1.82, 2.24) is 15.2 Å². The van der Waals surface area contributed by atoms with E-state index in [1.54, 1.807) is 0 Å². The first-order chi connectivity index (χ1) is 8.65. The second-order valence-electron chi connectivity index (χ2n) is 4.84. The van der Waals surface area contributed by atoms with E-state index in [9.17, 15) is 0 Å². The van der Waals surface area contributed by atoms with Crippen molar-refractivity contribution in [2.24, 2.45) is 0 Å². The van der Waals surface area contributed by atoms with Gasteiger partial charge in [-0.1, -0.05) is 31.5 Å². The Morgan fingerprint density at radius 2 is 1.94 bits per heavy atom. The van der Waals surface area contributed by atoms with Crippen molar-refractivity contribution >= 4 is 5.69 Å². The van der Waals surface area contributed by atoms with Crippen LogP contribution in [0.2, 0.25) is 0 Å². The zero-order chi connectivity index (χ0) is 13.0. The summed E-state index contributed by atoms with van der Waals surface area (Å²) in [4.78, 5) is 4.45. The van der Waals surface area contributed by atoms with Gasteiger partial charge in [-0.15, -0.1) is 0 Å². The van der Waals surface area contributed by atoms with E-state index in [0.717, 1.165) is 30.3 Å². The molecule has 1 aromatic heterocycles. The number of anilines is 1. The van der Waals surface area contributed by atoms with Gasteiger partial charge in [0.2, 0.25) is 0 Å². The van der Waals surface area contributed by atoms with E-state index in [0.29, 0.717) is 5.92 Å². The van der Waals surface area contributed by atoms with Crippen molar-refractivity contribution in [3.63, 3.8) is 0 Å². The maximum atomic E-state index is 4.45. The quantitative estimate of drug-likeness (QED) is 0.850. The van der Waals surface area contributed by atoms with Crippen LogP contribution in [0.4, 0.5) is 5.69 Å². The molecule has 1 aromatic carbocycles. The van der Waals surface area contributed by atoms with E-state index in [2.05, 4.69) is 65.5 Å². The van der Waals surface area contributed by atoms with Crippen LogP contribution in [-0.4, -0.2) is 21.7 Å². The van der Waals surface area contributed by atoms with E-state index in [1.165, 1.54) is 5.56 Å². The van der Waals surface area contributed by atoms with Gasteiger partial charge in [-0.05, 0) is 19.1 Å². The molecule has 18 heavy (non-hydrogen) atoms. The molecule has 0 amide bonds. The molecule has 0 radical (unpaired) electrons. The minimum absolute atomic E-state index is 0.375. The van der Waals surface area contributed by atoms with Crippen molar-refractivity contribution in [3.8, 4) is 0 Å². The Hall–Kier alpha value is -1.84. The topological polar surface area (TPSA) is 53.6 Å². The van der Waals surface area contributed by atoms with Gasteiger partial charge in [0.05, 0.1) is 0 Å². The smallest absolute Gasteiger partial charge is 0.153 e. The van der Waals surface area contributed by atoms with Crippen molar-refractivity contribution in [3.05, 3.63) is 41.5 Å². The van der Waals surface area contributed by atoms with Crippen LogP contribution in [0.3, 0.4) is 0 Å². The minimum Gasteiger partial charge on any atom is -0.385 e. The number of benzene rings is 1. The van der Waals surface area contributed by atoms with E-state index < -0.39 is 0 Å². The Kier molecular flexibility index (Phi) is 3.97. The Morgan fingerprint density at radius 3 is 2.56 bits per heavy atom. The average Bonchev–Trinajstić information content (AvgIpc) is 2.81. The number of nitrogens with zero attached hydrogens (tertiary/aromatic N) is 2. The summed E-state index contributed by atoms with van der Waals surface area (Å²) in [6, 6.07) is 8.39. The van der Waals surface area contributed by atoms with Gasteiger partial charge < -0.3 is 5.32 Å². The standard InChI is InChI=1S/C14H20N4/c1-10(2)14-16-13(17-18-14)8-9-15-12-6-4-11(3)5-7-12/h4-7,10,15H,8-9H2,1-3H3,(H,16,17,18). The maximum Gasteiger partial charge on any atom is 0.153 e. The van der Waals surface area contributed by atoms with Gasteiger partial charge in [0.15, 0.2) is 5.82 Å². The first kappa shape index (κ1) is 12.6. The van der Waals surface area contributed by atoms with Crippen LogP contribution in [-0.2, 0) is 6.42 Å². The van der Waals surface area contributed by atoms with Crippen LogP contribution < -0.4 is 5.32 Å². The molecule has 96 valence electrons.